The maximum Gasteiger partial charge on any atom is 0.255 e. The summed E-state index contributed by atoms with van der Waals surface area (Å²) >= 11 is 1.43. The number of nitrogens with one attached hydrogen (secondary N) is 2. The number of carbonyl (C=O) groups excluding carboxylic acids is 1. The van der Waals surface area contributed by atoms with E-state index in [4.69, 9.17) is 0 Å². The predicted octanol–water partition coefficient (Wildman–Crippen LogP) is 5.79. The second-order valence-electron chi connectivity index (χ2n) is 6.51. The minimum absolute atomic E-state index is 0.0856. The Morgan fingerprint density at radius 2 is 1.93 bits per heavy atom. The van der Waals surface area contributed by atoms with Gasteiger partial charge in [-0.25, -0.2) is 13.8 Å². The first-order chi connectivity index (χ1) is 14.5. The van der Waals surface area contributed by atoms with Gasteiger partial charge < -0.3 is 10.6 Å². The van der Waals surface area contributed by atoms with Crippen molar-refractivity contribution in [1.82, 2.24) is 9.97 Å². The largest absolute Gasteiger partial charge is 0.331 e. The standard InChI is InChI=1S/C22H16F2N4OS/c1-13-4-5-14(21(29)26-18-7-6-16(23)10-17(18)24)9-19(13)27-22-28-20(12-30-22)15-3-2-8-25-11-15/h2-12H,1H3,(H,26,29)(H,27,28). The highest BCUT2D eigenvalue weighted by molar-refractivity contribution is 7.14. The zero-order valence-corrected chi connectivity index (χ0v) is 16.6. The number of rotatable bonds is 5. The van der Waals surface area contributed by atoms with Crippen molar-refractivity contribution in [2.45, 2.75) is 6.92 Å². The number of amides is 1. The van der Waals surface area contributed by atoms with Gasteiger partial charge >= 0.3 is 0 Å². The van der Waals surface area contributed by atoms with Crippen molar-refractivity contribution in [2.24, 2.45) is 0 Å². The lowest BCUT2D eigenvalue weighted by Gasteiger charge is -2.11. The summed E-state index contributed by atoms with van der Waals surface area (Å²) in [6, 6.07) is 11.9. The molecule has 2 N–H and O–H groups in total. The maximum absolute atomic E-state index is 13.8. The van der Waals surface area contributed by atoms with Crippen LogP contribution < -0.4 is 10.6 Å². The van der Waals surface area contributed by atoms with Gasteiger partial charge in [-0.3, -0.25) is 9.78 Å². The molecule has 0 radical (unpaired) electrons. The summed E-state index contributed by atoms with van der Waals surface area (Å²) in [4.78, 5) is 21.2. The van der Waals surface area contributed by atoms with E-state index in [1.165, 1.54) is 17.4 Å². The van der Waals surface area contributed by atoms with Crippen LogP contribution in [0.15, 0.2) is 66.3 Å². The van der Waals surface area contributed by atoms with Crippen LogP contribution in [0.5, 0.6) is 0 Å². The SMILES string of the molecule is Cc1ccc(C(=O)Nc2ccc(F)cc2F)cc1Nc1nc(-c2cccnc2)cs1. The Hall–Kier alpha value is -3.65. The zero-order valence-electron chi connectivity index (χ0n) is 15.8. The number of halogens is 2. The molecular formula is C22H16F2N4OS. The van der Waals surface area contributed by atoms with Gasteiger partial charge in [0.15, 0.2) is 5.13 Å². The third kappa shape index (κ3) is 4.33. The predicted molar refractivity (Wildman–Crippen MR) is 114 cm³/mol. The summed E-state index contributed by atoms with van der Waals surface area (Å²) in [7, 11) is 0. The van der Waals surface area contributed by atoms with Crippen LogP contribution >= 0.6 is 11.3 Å². The fourth-order valence-electron chi connectivity index (χ4n) is 2.78. The lowest BCUT2D eigenvalue weighted by Crippen LogP contribution is -2.13. The Balaban J connectivity index is 1.53. The third-order valence-corrected chi connectivity index (χ3v) is 5.14. The van der Waals surface area contributed by atoms with Gasteiger partial charge in [0.05, 0.1) is 11.4 Å². The molecule has 0 saturated carbocycles. The minimum atomic E-state index is -0.834. The number of hydrogen-bond donors (Lipinski definition) is 2. The lowest BCUT2D eigenvalue weighted by atomic mass is 10.1. The smallest absolute Gasteiger partial charge is 0.255 e. The van der Waals surface area contributed by atoms with Crippen LogP contribution in [0.2, 0.25) is 0 Å². The molecule has 5 nitrogen and oxygen atoms in total. The van der Waals surface area contributed by atoms with Crippen LogP contribution in [0.4, 0.5) is 25.3 Å². The fourth-order valence-corrected chi connectivity index (χ4v) is 3.51. The molecule has 30 heavy (non-hydrogen) atoms. The van der Waals surface area contributed by atoms with E-state index in [0.717, 1.165) is 29.0 Å². The van der Waals surface area contributed by atoms with Crippen molar-refractivity contribution >= 4 is 33.8 Å². The molecule has 0 aliphatic heterocycles. The Morgan fingerprint density at radius 3 is 2.70 bits per heavy atom. The van der Waals surface area contributed by atoms with Gasteiger partial charge in [0.1, 0.15) is 11.6 Å². The summed E-state index contributed by atoms with van der Waals surface area (Å²) < 4.78 is 26.9. The monoisotopic (exact) mass is 422 g/mol. The number of hydrogen-bond acceptors (Lipinski definition) is 5. The molecule has 0 unspecified atom stereocenters. The average molecular weight is 422 g/mol. The Labute approximate surface area is 175 Å². The highest BCUT2D eigenvalue weighted by Crippen LogP contribution is 2.28. The molecule has 4 aromatic rings. The van der Waals surface area contributed by atoms with E-state index >= 15 is 0 Å². The van der Waals surface area contributed by atoms with Crippen molar-refractivity contribution in [3.63, 3.8) is 0 Å². The highest BCUT2D eigenvalue weighted by Gasteiger charge is 2.13. The van der Waals surface area contributed by atoms with E-state index in [9.17, 15) is 13.6 Å². The molecule has 2 heterocycles. The van der Waals surface area contributed by atoms with Gasteiger partial charge in [0.25, 0.3) is 5.91 Å². The number of aryl methyl sites for hydroxylation is 1. The molecular weight excluding hydrogens is 406 g/mol. The van der Waals surface area contributed by atoms with Crippen molar-refractivity contribution in [3.8, 4) is 11.3 Å². The van der Waals surface area contributed by atoms with Gasteiger partial charge in [-0.15, -0.1) is 11.3 Å². The number of thiazole rings is 1. The van der Waals surface area contributed by atoms with E-state index in [-0.39, 0.29) is 5.69 Å². The topological polar surface area (TPSA) is 66.9 Å². The lowest BCUT2D eigenvalue weighted by molar-refractivity contribution is 0.102. The Bertz CT molecular complexity index is 1210. The molecule has 0 aliphatic rings. The summed E-state index contributed by atoms with van der Waals surface area (Å²) in [6.45, 7) is 1.90. The number of aromatic nitrogens is 2. The van der Waals surface area contributed by atoms with E-state index in [0.29, 0.717) is 16.4 Å². The number of carbonyl (C=O) groups is 1. The van der Waals surface area contributed by atoms with Gasteiger partial charge in [-0.2, -0.15) is 0 Å². The molecule has 0 atom stereocenters. The number of anilines is 3. The first-order valence-electron chi connectivity index (χ1n) is 8.99. The molecule has 1 amide bonds. The van der Waals surface area contributed by atoms with Crippen LogP contribution in [-0.2, 0) is 0 Å². The van der Waals surface area contributed by atoms with Crippen LogP contribution in [0.3, 0.4) is 0 Å². The zero-order chi connectivity index (χ0) is 21.1. The van der Waals surface area contributed by atoms with Crippen LogP contribution in [0.25, 0.3) is 11.3 Å². The van der Waals surface area contributed by atoms with Gasteiger partial charge in [-0.1, -0.05) is 6.07 Å². The van der Waals surface area contributed by atoms with E-state index < -0.39 is 17.5 Å². The number of pyridine rings is 1. The molecule has 0 bridgehead atoms. The molecule has 0 aliphatic carbocycles. The number of benzene rings is 2. The molecule has 8 heteroatoms. The second-order valence-corrected chi connectivity index (χ2v) is 7.37. The van der Waals surface area contributed by atoms with Gasteiger partial charge in [0.2, 0.25) is 0 Å². The first-order valence-corrected chi connectivity index (χ1v) is 9.87. The van der Waals surface area contributed by atoms with Crippen molar-refractivity contribution < 1.29 is 13.6 Å². The average Bonchev–Trinajstić information content (AvgIpc) is 3.21. The summed E-state index contributed by atoms with van der Waals surface area (Å²) in [5.74, 6) is -2.04. The molecule has 2 aromatic heterocycles. The van der Waals surface area contributed by atoms with Crippen LogP contribution in [-0.4, -0.2) is 15.9 Å². The number of nitrogens with zero attached hydrogens (tertiary/aromatic N) is 2. The second kappa shape index (κ2) is 8.38. The Morgan fingerprint density at radius 1 is 1.07 bits per heavy atom. The molecule has 0 fully saturated rings. The molecule has 2 aromatic carbocycles. The van der Waals surface area contributed by atoms with E-state index in [2.05, 4.69) is 20.6 Å². The van der Waals surface area contributed by atoms with Crippen molar-refractivity contribution in [1.29, 1.82) is 0 Å². The summed E-state index contributed by atoms with van der Waals surface area (Å²) in [5.41, 5.74) is 3.57. The minimum Gasteiger partial charge on any atom is -0.331 e. The van der Waals surface area contributed by atoms with Crippen LogP contribution in [0.1, 0.15) is 15.9 Å². The highest BCUT2D eigenvalue weighted by atomic mass is 32.1. The molecule has 4 rings (SSSR count). The third-order valence-electron chi connectivity index (χ3n) is 4.38. The maximum atomic E-state index is 13.8. The molecule has 0 saturated heterocycles. The van der Waals surface area contributed by atoms with Crippen molar-refractivity contribution in [3.05, 3.63) is 89.1 Å². The van der Waals surface area contributed by atoms with E-state index in [1.807, 2.05) is 24.4 Å². The summed E-state index contributed by atoms with van der Waals surface area (Å²) in [6.07, 6.45) is 3.44. The fraction of sp³-hybridized carbons (Fsp3) is 0.0455. The van der Waals surface area contributed by atoms with E-state index in [1.54, 1.807) is 30.6 Å². The molecule has 0 spiro atoms. The Kier molecular flexibility index (Phi) is 5.49. The first kappa shape index (κ1) is 19.7. The normalized spacial score (nSPS) is 10.6. The summed E-state index contributed by atoms with van der Waals surface area (Å²) in [5, 5.41) is 8.27. The quantitative estimate of drug-likeness (QED) is 0.427. The van der Waals surface area contributed by atoms with Crippen molar-refractivity contribution in [2.75, 3.05) is 10.6 Å². The van der Waals surface area contributed by atoms with Crippen LogP contribution in [0, 0.1) is 18.6 Å². The van der Waals surface area contributed by atoms with Gasteiger partial charge in [-0.05, 0) is 48.9 Å². The van der Waals surface area contributed by atoms with Gasteiger partial charge in [0, 0.05) is 40.7 Å². The molecule has 150 valence electrons.